The number of sulfonamides is 1. The predicted octanol–water partition coefficient (Wildman–Crippen LogP) is 1.74. The summed E-state index contributed by atoms with van der Waals surface area (Å²) in [7, 11) is -3.22. The molecule has 3 saturated heterocycles. The summed E-state index contributed by atoms with van der Waals surface area (Å²) in [4.78, 5) is 21.1. The van der Waals surface area contributed by atoms with Crippen molar-refractivity contribution in [3.8, 4) is 0 Å². The molecule has 0 radical (unpaired) electrons. The number of halogens is 1. The van der Waals surface area contributed by atoms with Crippen LogP contribution in [0.4, 0.5) is 4.39 Å². The van der Waals surface area contributed by atoms with Crippen LogP contribution in [-0.4, -0.2) is 104 Å². The van der Waals surface area contributed by atoms with Crippen LogP contribution in [0.1, 0.15) is 85.0 Å². The van der Waals surface area contributed by atoms with E-state index in [0.29, 0.717) is 64.1 Å². The van der Waals surface area contributed by atoms with Crippen molar-refractivity contribution in [2.24, 2.45) is 27.8 Å². The highest BCUT2D eigenvalue weighted by atomic mass is 32.2. The summed E-state index contributed by atoms with van der Waals surface area (Å²) >= 11 is 0. The lowest BCUT2D eigenvalue weighted by Gasteiger charge is -2.45. The zero-order valence-corrected chi connectivity index (χ0v) is 26.2. The summed E-state index contributed by atoms with van der Waals surface area (Å²) in [5.74, 6) is -1.01. The Morgan fingerprint density at radius 3 is 2.39 bits per heavy atom. The van der Waals surface area contributed by atoms with E-state index in [1.165, 1.54) is 0 Å². The van der Waals surface area contributed by atoms with Gasteiger partial charge >= 0.3 is 0 Å². The highest BCUT2D eigenvalue weighted by Crippen LogP contribution is 2.41. The van der Waals surface area contributed by atoms with E-state index >= 15 is 0 Å². The number of nitrogens with zero attached hydrogens (tertiary/aromatic N) is 3. The third-order valence-electron chi connectivity index (χ3n) is 10.6. The number of nitrogens with one attached hydrogen (secondary N) is 2. The van der Waals surface area contributed by atoms with Gasteiger partial charge in [0.1, 0.15) is 6.17 Å². The fourth-order valence-corrected chi connectivity index (χ4v) is 9.47. The van der Waals surface area contributed by atoms with Crippen LogP contribution >= 0.6 is 0 Å². The minimum atomic E-state index is -3.22. The Morgan fingerprint density at radius 2 is 1.80 bits per heavy atom. The van der Waals surface area contributed by atoms with Gasteiger partial charge in [-0.25, -0.2) is 17.1 Å². The zero-order valence-electron chi connectivity index (χ0n) is 25.4. The molecule has 5 unspecified atom stereocenters. The van der Waals surface area contributed by atoms with E-state index in [2.05, 4.69) is 29.4 Å². The number of carbonyl (C=O) groups excluding carboxylic acids is 1. The Morgan fingerprint density at radius 1 is 1.12 bits per heavy atom. The van der Waals surface area contributed by atoms with Gasteiger partial charge in [0.15, 0.2) is 0 Å². The molecule has 0 bridgehead atoms. The van der Waals surface area contributed by atoms with Crippen LogP contribution in [0.25, 0.3) is 0 Å². The van der Waals surface area contributed by atoms with Crippen molar-refractivity contribution in [3.05, 3.63) is 0 Å². The summed E-state index contributed by atoms with van der Waals surface area (Å²) < 4.78 is 42.4. The van der Waals surface area contributed by atoms with Gasteiger partial charge in [-0.3, -0.25) is 14.7 Å². The Bertz CT molecular complexity index is 1010. The molecular formula is C29H54FN7O3S. The van der Waals surface area contributed by atoms with Crippen LogP contribution in [0.15, 0.2) is 4.99 Å². The summed E-state index contributed by atoms with van der Waals surface area (Å²) in [5, 5.41) is 6.35. The number of rotatable bonds is 9. The van der Waals surface area contributed by atoms with E-state index in [1.54, 1.807) is 11.2 Å². The molecule has 236 valence electrons. The lowest BCUT2D eigenvalue weighted by molar-refractivity contribution is -0.128. The summed E-state index contributed by atoms with van der Waals surface area (Å²) in [6, 6.07) is -0.573. The lowest BCUT2D eigenvalue weighted by atomic mass is 9.71. The SMILES string of the molecule is CCC1(CC)CCCC(F)C(C)=NC(C(C(=O)NC2CNCCC2N2CCC(S(=O)(=O)N3CCC3)CC2)C(N)N)C1. The zero-order chi connectivity index (χ0) is 29.8. The molecule has 10 nitrogen and oxygen atoms in total. The van der Waals surface area contributed by atoms with Crippen LogP contribution in [0, 0.1) is 11.3 Å². The average molecular weight is 600 g/mol. The number of carbonyl (C=O) groups is 1. The summed E-state index contributed by atoms with van der Waals surface area (Å²) in [6.45, 7) is 10.2. The van der Waals surface area contributed by atoms with E-state index in [-0.39, 0.29) is 28.7 Å². The second kappa shape index (κ2) is 14.1. The molecule has 3 fully saturated rings. The highest BCUT2D eigenvalue weighted by Gasteiger charge is 2.43. The number of aliphatic imine (C=N–C) groups is 1. The molecule has 0 aromatic heterocycles. The fourth-order valence-electron chi connectivity index (χ4n) is 7.47. The number of hydrogen-bond donors (Lipinski definition) is 4. The molecular weight excluding hydrogens is 545 g/mol. The quantitative estimate of drug-likeness (QED) is 0.295. The van der Waals surface area contributed by atoms with Gasteiger partial charge in [0, 0.05) is 31.4 Å². The molecule has 4 aliphatic rings. The molecule has 0 spiro atoms. The molecule has 0 aromatic rings. The number of hydrogen-bond acceptors (Lipinski definition) is 8. The maximum Gasteiger partial charge on any atom is 0.228 e. The van der Waals surface area contributed by atoms with Crippen molar-refractivity contribution in [3.63, 3.8) is 0 Å². The van der Waals surface area contributed by atoms with Crippen LogP contribution < -0.4 is 22.1 Å². The van der Waals surface area contributed by atoms with Crippen molar-refractivity contribution in [2.45, 2.75) is 121 Å². The third kappa shape index (κ3) is 7.49. The summed E-state index contributed by atoms with van der Waals surface area (Å²) in [6.07, 6.45) is 5.60. The molecule has 6 N–H and O–H groups in total. The Kier molecular flexibility index (Phi) is 11.2. The van der Waals surface area contributed by atoms with Gasteiger partial charge in [-0.1, -0.05) is 26.7 Å². The first-order chi connectivity index (χ1) is 19.5. The Hall–Kier alpha value is -1.18. The number of likely N-dealkylation sites (tertiary alicyclic amines) is 1. The topological polar surface area (TPSA) is 146 Å². The number of nitrogens with two attached hydrogens (primary N) is 2. The van der Waals surface area contributed by atoms with Crippen molar-refractivity contribution in [1.82, 2.24) is 19.8 Å². The number of piperidine rings is 2. The molecule has 12 heteroatoms. The Labute approximate surface area is 246 Å². The van der Waals surface area contributed by atoms with Gasteiger partial charge in [-0.05, 0) is 83.3 Å². The molecule has 0 aliphatic carbocycles. The van der Waals surface area contributed by atoms with E-state index in [4.69, 9.17) is 16.5 Å². The normalized spacial score (nSPS) is 31.8. The van der Waals surface area contributed by atoms with Gasteiger partial charge in [0.25, 0.3) is 0 Å². The fraction of sp³-hybridized carbons (Fsp3) is 0.931. The second-order valence-electron chi connectivity index (χ2n) is 12.9. The van der Waals surface area contributed by atoms with Crippen LogP contribution in [0.2, 0.25) is 0 Å². The van der Waals surface area contributed by atoms with Crippen LogP contribution in [0.5, 0.6) is 0 Å². The third-order valence-corrected chi connectivity index (χ3v) is 13.0. The minimum absolute atomic E-state index is 0.0401. The maximum absolute atomic E-state index is 14.9. The van der Waals surface area contributed by atoms with Gasteiger partial charge in [-0.2, -0.15) is 0 Å². The van der Waals surface area contributed by atoms with Crippen molar-refractivity contribution in [1.29, 1.82) is 0 Å². The highest BCUT2D eigenvalue weighted by molar-refractivity contribution is 7.89. The van der Waals surface area contributed by atoms with E-state index < -0.39 is 34.3 Å². The van der Waals surface area contributed by atoms with Gasteiger partial charge < -0.3 is 22.1 Å². The molecule has 0 aromatic carbocycles. The smallest absolute Gasteiger partial charge is 0.228 e. The molecule has 4 heterocycles. The van der Waals surface area contributed by atoms with Crippen molar-refractivity contribution < 1.29 is 17.6 Å². The van der Waals surface area contributed by atoms with Gasteiger partial charge in [0.2, 0.25) is 15.9 Å². The van der Waals surface area contributed by atoms with Crippen LogP contribution in [-0.2, 0) is 14.8 Å². The molecule has 0 saturated carbocycles. The Balaban J connectivity index is 1.48. The summed E-state index contributed by atoms with van der Waals surface area (Å²) in [5.41, 5.74) is 13.0. The van der Waals surface area contributed by atoms with Gasteiger partial charge in [0.05, 0.1) is 29.4 Å². The number of alkyl halides is 1. The standard InChI is InChI=1S/C29H54FN7O3S/c1-4-29(5-2)12-6-8-22(30)20(3)34-23(18-29)26(27(31)32)28(38)35-24-19-33-13-9-25(24)36-16-10-21(11-17-36)41(39,40)37-14-7-15-37/h21-27,33H,4-19,31-32H2,1-3H3,(H,35,38). The lowest BCUT2D eigenvalue weighted by Crippen LogP contribution is -2.64. The van der Waals surface area contributed by atoms with Crippen molar-refractivity contribution in [2.75, 3.05) is 39.3 Å². The van der Waals surface area contributed by atoms with Crippen molar-refractivity contribution >= 4 is 21.6 Å². The molecule has 1 amide bonds. The second-order valence-corrected chi connectivity index (χ2v) is 15.1. The first kappa shape index (κ1) is 32.7. The molecule has 5 atom stereocenters. The predicted molar refractivity (Wildman–Crippen MR) is 162 cm³/mol. The van der Waals surface area contributed by atoms with Gasteiger partial charge in [-0.15, -0.1) is 0 Å². The van der Waals surface area contributed by atoms with E-state index in [0.717, 1.165) is 45.1 Å². The monoisotopic (exact) mass is 599 g/mol. The molecule has 4 rings (SSSR count). The largest absolute Gasteiger partial charge is 0.350 e. The van der Waals surface area contributed by atoms with E-state index in [9.17, 15) is 17.6 Å². The minimum Gasteiger partial charge on any atom is -0.350 e. The molecule has 4 aliphatic heterocycles. The van der Waals surface area contributed by atoms with E-state index in [1.807, 2.05) is 0 Å². The first-order valence-electron chi connectivity index (χ1n) is 15.9. The molecule has 41 heavy (non-hydrogen) atoms. The average Bonchev–Trinajstić information content (AvgIpc) is 2.96. The van der Waals surface area contributed by atoms with Crippen LogP contribution in [0.3, 0.4) is 0 Å². The number of amides is 1. The first-order valence-corrected chi connectivity index (χ1v) is 17.4. The maximum atomic E-state index is 14.9.